The summed E-state index contributed by atoms with van der Waals surface area (Å²) in [6, 6.07) is 2.22. The van der Waals surface area contributed by atoms with Gasteiger partial charge in [0.05, 0.1) is 0 Å². The Bertz CT molecular complexity index is 258. The normalized spacial score (nSPS) is 32.7. The topological polar surface area (TPSA) is 15.3 Å². The van der Waals surface area contributed by atoms with Crippen molar-refractivity contribution in [3.63, 3.8) is 0 Å². The summed E-state index contributed by atoms with van der Waals surface area (Å²) in [6.45, 7) is 12.0. The zero-order chi connectivity index (χ0) is 13.8. The molecule has 112 valence electrons. The molecule has 2 rings (SSSR count). The average molecular weight is 266 g/mol. The highest BCUT2D eigenvalue weighted by Crippen LogP contribution is 2.30. The molecule has 2 nitrogen and oxygen atoms in total. The van der Waals surface area contributed by atoms with Crippen molar-refractivity contribution in [3.8, 4) is 0 Å². The van der Waals surface area contributed by atoms with E-state index in [-0.39, 0.29) is 0 Å². The van der Waals surface area contributed by atoms with Crippen LogP contribution in [0.3, 0.4) is 0 Å². The van der Waals surface area contributed by atoms with Gasteiger partial charge in [-0.15, -0.1) is 0 Å². The lowest BCUT2D eigenvalue weighted by Gasteiger charge is -2.48. The van der Waals surface area contributed by atoms with E-state index in [1.165, 1.54) is 51.6 Å². The van der Waals surface area contributed by atoms with Crippen molar-refractivity contribution in [1.29, 1.82) is 0 Å². The quantitative estimate of drug-likeness (QED) is 0.835. The maximum absolute atomic E-state index is 3.89. The molecule has 0 spiro atoms. The summed E-state index contributed by atoms with van der Waals surface area (Å²) in [4.78, 5) is 2.81. The molecule has 1 aliphatic heterocycles. The van der Waals surface area contributed by atoms with Gasteiger partial charge in [0.25, 0.3) is 0 Å². The van der Waals surface area contributed by atoms with Crippen LogP contribution in [0.25, 0.3) is 0 Å². The fraction of sp³-hybridized carbons (Fsp3) is 1.00. The zero-order valence-electron chi connectivity index (χ0n) is 13.5. The number of nitrogens with one attached hydrogen (secondary N) is 1. The molecule has 3 unspecified atom stereocenters. The molecule has 2 fully saturated rings. The van der Waals surface area contributed by atoms with E-state index >= 15 is 0 Å². The van der Waals surface area contributed by atoms with Gasteiger partial charge in [0, 0.05) is 31.2 Å². The van der Waals surface area contributed by atoms with Gasteiger partial charge in [-0.2, -0.15) is 0 Å². The Labute approximate surface area is 120 Å². The minimum absolute atomic E-state index is 0.731. The van der Waals surface area contributed by atoms with Crippen LogP contribution in [0.1, 0.15) is 66.2 Å². The van der Waals surface area contributed by atoms with Crippen LogP contribution in [0.4, 0.5) is 0 Å². The molecule has 0 bridgehead atoms. The average Bonchev–Trinajstić information content (AvgIpc) is 2.46. The van der Waals surface area contributed by atoms with Crippen molar-refractivity contribution in [1.82, 2.24) is 10.2 Å². The van der Waals surface area contributed by atoms with Crippen molar-refractivity contribution in [3.05, 3.63) is 0 Å². The molecule has 19 heavy (non-hydrogen) atoms. The highest BCUT2D eigenvalue weighted by Gasteiger charge is 2.35. The van der Waals surface area contributed by atoms with Crippen LogP contribution < -0.4 is 5.32 Å². The lowest BCUT2D eigenvalue weighted by Crippen LogP contribution is -2.62. The van der Waals surface area contributed by atoms with Gasteiger partial charge in [-0.1, -0.05) is 40.0 Å². The van der Waals surface area contributed by atoms with E-state index in [2.05, 4.69) is 37.9 Å². The second kappa shape index (κ2) is 7.08. The largest absolute Gasteiger partial charge is 0.311 e. The number of rotatable bonds is 4. The summed E-state index contributed by atoms with van der Waals surface area (Å²) in [7, 11) is 0. The summed E-state index contributed by atoms with van der Waals surface area (Å²) in [6.07, 6.45) is 8.57. The zero-order valence-corrected chi connectivity index (χ0v) is 13.5. The van der Waals surface area contributed by atoms with Crippen LogP contribution >= 0.6 is 0 Å². The van der Waals surface area contributed by atoms with E-state index in [0.29, 0.717) is 0 Å². The second-order valence-corrected chi connectivity index (χ2v) is 7.18. The summed E-state index contributed by atoms with van der Waals surface area (Å²) >= 11 is 0. The molecule has 1 heterocycles. The molecule has 0 amide bonds. The number of nitrogens with zero attached hydrogens (tertiary/aromatic N) is 1. The Balaban J connectivity index is 1.99. The van der Waals surface area contributed by atoms with E-state index < -0.39 is 0 Å². The maximum Gasteiger partial charge on any atom is 0.0247 e. The molecular formula is C17H34N2. The van der Waals surface area contributed by atoms with Crippen molar-refractivity contribution in [2.24, 2.45) is 11.8 Å². The molecule has 3 atom stereocenters. The van der Waals surface area contributed by atoms with Gasteiger partial charge in [-0.05, 0) is 38.0 Å². The second-order valence-electron chi connectivity index (χ2n) is 7.18. The van der Waals surface area contributed by atoms with E-state index in [9.17, 15) is 0 Å². The van der Waals surface area contributed by atoms with E-state index in [4.69, 9.17) is 0 Å². The van der Waals surface area contributed by atoms with Gasteiger partial charge in [0.2, 0.25) is 0 Å². The standard InChI is InChI=1S/C17H34N2/c1-5-14(4)19-12-16(15-9-7-6-8-10-15)18-11-17(19)13(2)3/h13-18H,5-12H2,1-4H3. The molecule has 1 saturated carbocycles. The Morgan fingerprint density at radius 3 is 2.37 bits per heavy atom. The smallest absolute Gasteiger partial charge is 0.0247 e. The van der Waals surface area contributed by atoms with Gasteiger partial charge >= 0.3 is 0 Å². The van der Waals surface area contributed by atoms with Gasteiger partial charge in [-0.3, -0.25) is 4.90 Å². The molecule has 0 radical (unpaired) electrons. The highest BCUT2D eigenvalue weighted by molar-refractivity contribution is 4.93. The van der Waals surface area contributed by atoms with Crippen LogP contribution in [0, 0.1) is 11.8 Å². The molecule has 2 aliphatic rings. The van der Waals surface area contributed by atoms with Gasteiger partial charge < -0.3 is 5.32 Å². The first-order valence-electron chi connectivity index (χ1n) is 8.62. The van der Waals surface area contributed by atoms with Crippen LogP contribution in [0.2, 0.25) is 0 Å². The number of hydrogen-bond donors (Lipinski definition) is 1. The summed E-state index contributed by atoms with van der Waals surface area (Å²) in [5.41, 5.74) is 0. The molecule has 0 aromatic heterocycles. The lowest BCUT2D eigenvalue weighted by molar-refractivity contribution is 0.0409. The first-order chi connectivity index (χ1) is 9.13. The van der Waals surface area contributed by atoms with Crippen LogP contribution in [0.15, 0.2) is 0 Å². The van der Waals surface area contributed by atoms with Crippen LogP contribution in [0.5, 0.6) is 0 Å². The van der Waals surface area contributed by atoms with Crippen molar-refractivity contribution < 1.29 is 0 Å². The summed E-state index contributed by atoms with van der Waals surface area (Å²) < 4.78 is 0. The van der Waals surface area contributed by atoms with Gasteiger partial charge in [-0.25, -0.2) is 0 Å². The number of hydrogen-bond acceptors (Lipinski definition) is 2. The monoisotopic (exact) mass is 266 g/mol. The molecular weight excluding hydrogens is 232 g/mol. The Morgan fingerprint density at radius 2 is 1.79 bits per heavy atom. The molecule has 1 saturated heterocycles. The first kappa shape index (κ1) is 15.3. The first-order valence-corrected chi connectivity index (χ1v) is 8.62. The van der Waals surface area contributed by atoms with E-state index in [1.807, 2.05) is 0 Å². The predicted molar refractivity (Wildman–Crippen MR) is 83.5 cm³/mol. The minimum Gasteiger partial charge on any atom is -0.311 e. The third kappa shape index (κ3) is 3.72. The third-order valence-corrected chi connectivity index (χ3v) is 5.57. The maximum atomic E-state index is 3.89. The van der Waals surface area contributed by atoms with E-state index in [1.54, 1.807) is 0 Å². The molecule has 0 aromatic carbocycles. The van der Waals surface area contributed by atoms with E-state index in [0.717, 1.165) is 30.0 Å². The lowest BCUT2D eigenvalue weighted by atomic mass is 9.81. The summed E-state index contributed by atoms with van der Waals surface area (Å²) in [5.74, 6) is 1.70. The molecule has 0 aromatic rings. The Morgan fingerprint density at radius 1 is 1.11 bits per heavy atom. The van der Waals surface area contributed by atoms with Crippen molar-refractivity contribution in [2.45, 2.75) is 84.3 Å². The predicted octanol–water partition coefficient (Wildman–Crippen LogP) is 3.66. The molecule has 1 N–H and O–H groups in total. The Hall–Kier alpha value is -0.0800. The third-order valence-electron chi connectivity index (χ3n) is 5.57. The Kier molecular flexibility index (Phi) is 5.70. The highest BCUT2D eigenvalue weighted by atomic mass is 15.3. The number of piperazine rings is 1. The van der Waals surface area contributed by atoms with Crippen molar-refractivity contribution >= 4 is 0 Å². The van der Waals surface area contributed by atoms with Gasteiger partial charge in [0.1, 0.15) is 0 Å². The fourth-order valence-electron chi connectivity index (χ4n) is 4.03. The molecule has 2 heteroatoms. The van der Waals surface area contributed by atoms with Crippen LogP contribution in [-0.4, -0.2) is 36.1 Å². The van der Waals surface area contributed by atoms with Gasteiger partial charge in [0.15, 0.2) is 0 Å². The minimum atomic E-state index is 0.731. The fourth-order valence-corrected chi connectivity index (χ4v) is 4.03. The van der Waals surface area contributed by atoms with Crippen LogP contribution in [-0.2, 0) is 0 Å². The SMILES string of the molecule is CCC(C)N1CC(C2CCCCC2)NCC1C(C)C. The molecule has 1 aliphatic carbocycles. The summed E-state index contributed by atoms with van der Waals surface area (Å²) in [5, 5.41) is 3.89. The van der Waals surface area contributed by atoms with Crippen molar-refractivity contribution in [2.75, 3.05) is 13.1 Å².